The summed E-state index contributed by atoms with van der Waals surface area (Å²) in [5, 5.41) is 9.49. The zero-order valence-electron chi connectivity index (χ0n) is 19.2. The quantitative estimate of drug-likeness (QED) is 0.114. The number of aliphatic imine (C=N–C) groups is 1. The second-order valence-electron chi connectivity index (χ2n) is 8.16. The van der Waals surface area contributed by atoms with Crippen molar-refractivity contribution in [2.75, 3.05) is 6.61 Å². The molecular formula is C26H34ClNO4. The van der Waals surface area contributed by atoms with Crippen molar-refractivity contribution in [2.24, 2.45) is 10.9 Å². The summed E-state index contributed by atoms with van der Waals surface area (Å²) in [6.45, 7) is 6.62. The number of hydrogen-bond donors (Lipinski definition) is 1. The van der Waals surface area contributed by atoms with E-state index in [1.165, 1.54) is 38.2 Å². The van der Waals surface area contributed by atoms with Crippen LogP contribution in [-0.4, -0.2) is 29.3 Å². The molecule has 6 heteroatoms. The number of alkyl halides is 1. The van der Waals surface area contributed by atoms with Crippen LogP contribution in [0.25, 0.3) is 0 Å². The molecule has 0 saturated heterocycles. The fraction of sp³-hybridized carbons (Fsp3) is 0.462. The van der Waals surface area contributed by atoms with Gasteiger partial charge in [-0.05, 0) is 48.7 Å². The molecule has 0 bridgehead atoms. The van der Waals surface area contributed by atoms with Gasteiger partial charge in [0.2, 0.25) is 0 Å². The van der Waals surface area contributed by atoms with Crippen molar-refractivity contribution in [3.8, 4) is 17.2 Å². The van der Waals surface area contributed by atoms with Crippen LogP contribution in [0.4, 0.5) is 5.69 Å². The number of rotatable bonds is 13. The Balaban J connectivity index is 1.84. The fourth-order valence-corrected chi connectivity index (χ4v) is 3.03. The number of ether oxygens (including phenoxy) is 2. The number of carbonyl (C=O) groups excluding carboxylic acids is 1. The fourth-order valence-electron chi connectivity index (χ4n) is 2.99. The average molecular weight is 460 g/mol. The molecule has 0 radical (unpaired) electrons. The third kappa shape index (κ3) is 8.91. The van der Waals surface area contributed by atoms with Crippen molar-refractivity contribution in [3.05, 3.63) is 48.0 Å². The van der Waals surface area contributed by atoms with Crippen LogP contribution in [0.15, 0.2) is 47.5 Å². The molecule has 0 spiro atoms. The Bertz CT molecular complexity index is 865. The average Bonchev–Trinajstić information content (AvgIpc) is 2.78. The van der Waals surface area contributed by atoms with Crippen LogP contribution in [0.2, 0.25) is 0 Å². The minimum atomic E-state index is -0.740. The number of carbonyl (C=O) groups is 1. The van der Waals surface area contributed by atoms with E-state index in [1.807, 2.05) is 38.1 Å². The Morgan fingerprint density at radius 3 is 2.34 bits per heavy atom. The van der Waals surface area contributed by atoms with Crippen LogP contribution in [0.5, 0.6) is 17.2 Å². The number of phenolic OH excluding ortho intramolecular Hbond substituents is 1. The number of benzene rings is 2. The Labute approximate surface area is 196 Å². The van der Waals surface area contributed by atoms with Gasteiger partial charge in [0.1, 0.15) is 22.6 Å². The first kappa shape index (κ1) is 25.7. The van der Waals surface area contributed by atoms with Crippen molar-refractivity contribution < 1.29 is 19.4 Å². The predicted octanol–water partition coefficient (Wildman–Crippen LogP) is 7.05. The van der Waals surface area contributed by atoms with E-state index >= 15 is 0 Å². The largest absolute Gasteiger partial charge is 0.507 e. The molecule has 0 fully saturated rings. The third-order valence-corrected chi connectivity index (χ3v) is 5.67. The van der Waals surface area contributed by atoms with Gasteiger partial charge in [0.05, 0.1) is 12.3 Å². The van der Waals surface area contributed by atoms with Gasteiger partial charge in [-0.1, -0.05) is 52.9 Å². The lowest BCUT2D eigenvalue weighted by atomic mass is 10.1. The minimum absolute atomic E-state index is 0.0337. The van der Waals surface area contributed by atoms with E-state index in [9.17, 15) is 9.90 Å². The summed E-state index contributed by atoms with van der Waals surface area (Å²) < 4.78 is 11.0. The number of phenols is 1. The third-order valence-electron chi connectivity index (χ3n) is 4.99. The van der Waals surface area contributed by atoms with Crippen LogP contribution in [0.1, 0.15) is 64.9 Å². The van der Waals surface area contributed by atoms with E-state index in [1.54, 1.807) is 18.3 Å². The van der Waals surface area contributed by atoms with Gasteiger partial charge in [0.15, 0.2) is 0 Å². The zero-order valence-corrected chi connectivity index (χ0v) is 20.0. The highest BCUT2D eigenvalue weighted by atomic mass is 35.5. The molecule has 2 aromatic carbocycles. The first-order chi connectivity index (χ1) is 15.4. The molecular weight excluding hydrogens is 426 g/mol. The van der Waals surface area contributed by atoms with Crippen LogP contribution < -0.4 is 9.47 Å². The Morgan fingerprint density at radius 1 is 1.03 bits per heavy atom. The maximum atomic E-state index is 12.0. The summed E-state index contributed by atoms with van der Waals surface area (Å²) in [7, 11) is 0. The van der Waals surface area contributed by atoms with Crippen LogP contribution in [-0.2, 0) is 4.79 Å². The first-order valence-electron chi connectivity index (χ1n) is 11.4. The zero-order chi connectivity index (χ0) is 23.3. The molecule has 32 heavy (non-hydrogen) atoms. The lowest BCUT2D eigenvalue weighted by molar-refractivity contribution is -0.134. The molecule has 0 amide bonds. The van der Waals surface area contributed by atoms with Crippen molar-refractivity contribution in [1.29, 1.82) is 0 Å². The normalized spacial score (nSPS) is 12.3. The molecule has 1 N–H and O–H groups in total. The van der Waals surface area contributed by atoms with Crippen LogP contribution in [0, 0.1) is 5.92 Å². The van der Waals surface area contributed by atoms with Crippen molar-refractivity contribution >= 4 is 29.5 Å². The molecule has 1 atom stereocenters. The number of nitrogens with zero attached hydrogens (tertiary/aromatic N) is 1. The highest BCUT2D eigenvalue weighted by Gasteiger charge is 2.21. The summed E-state index contributed by atoms with van der Waals surface area (Å²) >= 11 is 6.01. The Kier molecular flexibility index (Phi) is 11.1. The molecule has 0 aliphatic carbocycles. The van der Waals surface area contributed by atoms with E-state index < -0.39 is 11.3 Å². The monoisotopic (exact) mass is 459 g/mol. The first-order valence-corrected chi connectivity index (χ1v) is 11.8. The number of halogens is 1. The molecule has 0 aliphatic rings. The molecule has 0 saturated carbocycles. The van der Waals surface area contributed by atoms with Gasteiger partial charge in [-0.3, -0.25) is 9.79 Å². The molecule has 2 rings (SSSR count). The van der Waals surface area contributed by atoms with Gasteiger partial charge in [0.25, 0.3) is 0 Å². The number of hydrogen-bond acceptors (Lipinski definition) is 5. The second kappa shape index (κ2) is 13.8. The van der Waals surface area contributed by atoms with Gasteiger partial charge in [-0.25, -0.2) is 0 Å². The maximum absolute atomic E-state index is 12.0. The van der Waals surface area contributed by atoms with Crippen molar-refractivity contribution in [3.63, 3.8) is 0 Å². The van der Waals surface area contributed by atoms with Gasteiger partial charge >= 0.3 is 5.97 Å². The maximum Gasteiger partial charge on any atom is 0.329 e. The molecule has 0 aromatic heterocycles. The second-order valence-corrected chi connectivity index (χ2v) is 8.63. The van der Waals surface area contributed by atoms with E-state index in [0.717, 1.165) is 24.5 Å². The lowest BCUT2D eigenvalue weighted by Gasteiger charge is -2.12. The van der Waals surface area contributed by atoms with E-state index in [4.69, 9.17) is 21.1 Å². The Morgan fingerprint density at radius 2 is 1.69 bits per heavy atom. The molecule has 0 aliphatic heterocycles. The topological polar surface area (TPSA) is 68.1 Å². The molecule has 0 heterocycles. The lowest BCUT2D eigenvalue weighted by Crippen LogP contribution is -2.25. The van der Waals surface area contributed by atoms with Crippen molar-refractivity contribution in [1.82, 2.24) is 0 Å². The van der Waals surface area contributed by atoms with E-state index in [0.29, 0.717) is 5.56 Å². The van der Waals surface area contributed by atoms with Crippen LogP contribution in [0.3, 0.4) is 0 Å². The summed E-state index contributed by atoms with van der Waals surface area (Å²) in [6.07, 6.45) is 8.98. The molecule has 174 valence electrons. The van der Waals surface area contributed by atoms with Gasteiger partial charge in [0, 0.05) is 17.8 Å². The smallest absolute Gasteiger partial charge is 0.329 e. The number of unbranched alkanes of at least 4 members (excludes halogenated alkanes) is 5. The number of aromatic hydroxyl groups is 1. The highest BCUT2D eigenvalue weighted by Crippen LogP contribution is 2.25. The van der Waals surface area contributed by atoms with Gasteiger partial charge in [-0.2, -0.15) is 0 Å². The predicted molar refractivity (Wildman–Crippen MR) is 131 cm³/mol. The molecule has 2 aromatic rings. The minimum Gasteiger partial charge on any atom is -0.507 e. The number of esters is 1. The standard InChI is InChI=1S/C26H34ClNO4/c1-4-5-6-7-8-9-16-31-22-14-11-21(12-15-22)28-18-20-10-13-23(17-24(20)29)32-26(30)25(27)19(2)3/h10-15,17-19,25,29H,4-9,16H2,1-3H3. The van der Waals surface area contributed by atoms with E-state index in [-0.39, 0.29) is 17.4 Å². The SMILES string of the molecule is CCCCCCCCOc1ccc(N=Cc2ccc(OC(=O)C(Cl)C(C)C)cc2O)cc1. The molecule has 1 unspecified atom stereocenters. The summed E-state index contributed by atoms with van der Waals surface area (Å²) in [6, 6.07) is 12.1. The van der Waals surface area contributed by atoms with Gasteiger partial charge in [-0.15, -0.1) is 11.6 Å². The Hall–Kier alpha value is -2.53. The van der Waals surface area contributed by atoms with Crippen LogP contribution >= 0.6 is 11.6 Å². The highest BCUT2D eigenvalue weighted by molar-refractivity contribution is 6.30. The van der Waals surface area contributed by atoms with E-state index in [2.05, 4.69) is 11.9 Å². The molecule has 5 nitrogen and oxygen atoms in total. The summed E-state index contributed by atoms with van der Waals surface area (Å²) in [5.41, 5.74) is 1.26. The van der Waals surface area contributed by atoms with Crippen molar-refractivity contribution in [2.45, 2.75) is 64.7 Å². The van der Waals surface area contributed by atoms with Gasteiger partial charge < -0.3 is 14.6 Å². The summed E-state index contributed by atoms with van der Waals surface area (Å²) in [5.74, 6) is 0.444. The summed E-state index contributed by atoms with van der Waals surface area (Å²) in [4.78, 5) is 16.3.